The highest BCUT2D eigenvalue weighted by Gasteiger charge is 2.39. The summed E-state index contributed by atoms with van der Waals surface area (Å²) >= 11 is 6.47. The first-order valence-corrected chi connectivity index (χ1v) is 12.4. The number of aryl methyl sites for hydroxylation is 2. The summed E-state index contributed by atoms with van der Waals surface area (Å²) in [5, 5.41) is 4.83. The van der Waals surface area contributed by atoms with E-state index in [1.807, 2.05) is 38.1 Å². The van der Waals surface area contributed by atoms with Crippen molar-refractivity contribution >= 4 is 23.7 Å². The van der Waals surface area contributed by atoms with Crippen LogP contribution in [0, 0.1) is 13.8 Å². The topological polar surface area (TPSA) is 91.1 Å². The minimum absolute atomic E-state index is 0.221. The van der Waals surface area contributed by atoms with Crippen molar-refractivity contribution in [2.75, 3.05) is 13.7 Å². The van der Waals surface area contributed by atoms with E-state index in [9.17, 15) is 9.59 Å². The predicted molar refractivity (Wildman–Crippen MR) is 139 cm³/mol. The monoisotopic (exact) mass is 526 g/mol. The lowest BCUT2D eigenvalue weighted by molar-refractivity contribution is -0.147. The number of hydrogen-bond donors (Lipinski definition) is 0. The van der Waals surface area contributed by atoms with Crippen LogP contribution in [0.5, 0.6) is 5.75 Å². The molecule has 1 aliphatic heterocycles. The number of benzene rings is 2. The Balaban J connectivity index is 1.58. The SMILES string of the molecule is COC(=O)[C@H]1c2ccc(OCc3c(-c4c(C)cccc4Cl)noc3C)cc2CCN1C(=O)OC(C)(C)C. The van der Waals surface area contributed by atoms with Crippen LogP contribution >= 0.6 is 11.6 Å². The predicted octanol–water partition coefficient (Wildman–Crippen LogP) is 6.20. The second-order valence-corrected chi connectivity index (χ2v) is 10.4. The molecule has 1 aliphatic rings. The van der Waals surface area contributed by atoms with Crippen LogP contribution in [0.1, 0.15) is 54.8 Å². The molecule has 1 aromatic heterocycles. The second kappa shape index (κ2) is 10.5. The van der Waals surface area contributed by atoms with Crippen LogP contribution in [0.25, 0.3) is 11.3 Å². The van der Waals surface area contributed by atoms with Gasteiger partial charge in [-0.05, 0) is 75.9 Å². The maximum absolute atomic E-state index is 12.8. The van der Waals surface area contributed by atoms with Gasteiger partial charge in [0, 0.05) is 12.1 Å². The van der Waals surface area contributed by atoms with Gasteiger partial charge in [-0.1, -0.05) is 35.0 Å². The van der Waals surface area contributed by atoms with E-state index >= 15 is 0 Å². The fourth-order valence-corrected chi connectivity index (χ4v) is 4.73. The maximum atomic E-state index is 12.8. The molecule has 0 spiro atoms. The molecule has 0 saturated carbocycles. The Morgan fingerprint density at radius 3 is 2.62 bits per heavy atom. The number of carbonyl (C=O) groups is 2. The van der Waals surface area contributed by atoms with Gasteiger partial charge in [-0.2, -0.15) is 0 Å². The molecular weight excluding hydrogens is 496 g/mol. The number of hydrogen-bond acceptors (Lipinski definition) is 7. The standard InChI is InChI=1S/C28H31ClN2O6/c1-16-8-7-9-22(29)23(16)24-21(17(2)37-30-24)15-35-19-10-11-20-18(14-19)12-13-31(25(20)26(32)34-6)27(33)36-28(3,4)5/h7-11,14,25H,12-13,15H2,1-6H3/t25-/m1/s1. The molecule has 8 nitrogen and oxygen atoms in total. The first-order chi connectivity index (χ1) is 17.5. The quantitative estimate of drug-likeness (QED) is 0.365. The maximum Gasteiger partial charge on any atom is 0.411 e. The van der Waals surface area contributed by atoms with Crippen LogP contribution in [0.2, 0.25) is 5.02 Å². The average Bonchev–Trinajstić information content (AvgIpc) is 3.19. The zero-order valence-electron chi connectivity index (χ0n) is 21.9. The van der Waals surface area contributed by atoms with E-state index in [1.54, 1.807) is 32.9 Å². The third-order valence-corrected chi connectivity index (χ3v) is 6.54. The smallest absolute Gasteiger partial charge is 0.411 e. The van der Waals surface area contributed by atoms with Gasteiger partial charge in [0.25, 0.3) is 0 Å². The molecular formula is C28H31ClN2O6. The zero-order valence-corrected chi connectivity index (χ0v) is 22.6. The number of aromatic nitrogens is 1. The molecule has 196 valence electrons. The Hall–Kier alpha value is -3.52. The van der Waals surface area contributed by atoms with Crippen molar-refractivity contribution in [2.24, 2.45) is 0 Å². The van der Waals surface area contributed by atoms with Crippen molar-refractivity contribution < 1.29 is 28.3 Å². The molecule has 0 aliphatic carbocycles. The fourth-order valence-electron chi connectivity index (χ4n) is 4.42. The molecule has 9 heteroatoms. The molecule has 2 aromatic carbocycles. The summed E-state index contributed by atoms with van der Waals surface area (Å²) in [5.41, 5.74) is 4.15. The summed E-state index contributed by atoms with van der Waals surface area (Å²) in [4.78, 5) is 27.0. The van der Waals surface area contributed by atoms with E-state index in [-0.39, 0.29) is 6.61 Å². The summed E-state index contributed by atoms with van der Waals surface area (Å²) < 4.78 is 22.2. The van der Waals surface area contributed by atoms with Crippen LogP contribution in [-0.2, 0) is 27.3 Å². The molecule has 0 unspecified atom stereocenters. The Morgan fingerprint density at radius 1 is 1.19 bits per heavy atom. The molecule has 4 rings (SSSR count). The van der Waals surface area contributed by atoms with E-state index in [4.69, 9.17) is 30.3 Å². The summed E-state index contributed by atoms with van der Waals surface area (Å²) in [6.45, 7) is 9.70. The number of rotatable bonds is 5. The van der Waals surface area contributed by atoms with Crippen molar-refractivity contribution in [1.29, 1.82) is 0 Å². The number of esters is 1. The lowest BCUT2D eigenvalue weighted by Crippen LogP contribution is -2.46. The number of methoxy groups -OCH3 is 1. The van der Waals surface area contributed by atoms with Gasteiger partial charge < -0.3 is 18.7 Å². The van der Waals surface area contributed by atoms with Crippen molar-refractivity contribution in [3.63, 3.8) is 0 Å². The molecule has 37 heavy (non-hydrogen) atoms. The first-order valence-electron chi connectivity index (χ1n) is 12.0. The normalized spacial score (nSPS) is 15.2. The molecule has 0 fully saturated rings. The minimum Gasteiger partial charge on any atom is -0.489 e. The van der Waals surface area contributed by atoms with Crippen molar-refractivity contribution in [3.05, 3.63) is 69.4 Å². The lowest BCUT2D eigenvalue weighted by atomic mass is 9.92. The molecule has 3 aromatic rings. The van der Waals surface area contributed by atoms with Gasteiger partial charge in [0.1, 0.15) is 29.4 Å². The number of nitrogens with zero attached hydrogens (tertiary/aromatic N) is 2. The van der Waals surface area contributed by atoms with Gasteiger partial charge in [0.15, 0.2) is 6.04 Å². The van der Waals surface area contributed by atoms with Crippen LogP contribution in [0.4, 0.5) is 4.79 Å². The first kappa shape index (κ1) is 26.5. The van der Waals surface area contributed by atoms with E-state index in [0.29, 0.717) is 40.8 Å². The highest BCUT2D eigenvalue weighted by Crippen LogP contribution is 2.36. The Morgan fingerprint density at radius 2 is 1.95 bits per heavy atom. The van der Waals surface area contributed by atoms with Gasteiger partial charge in [-0.15, -0.1) is 0 Å². The Labute approximate surface area is 221 Å². The lowest BCUT2D eigenvalue weighted by Gasteiger charge is -2.36. The largest absolute Gasteiger partial charge is 0.489 e. The average molecular weight is 527 g/mol. The minimum atomic E-state index is -0.896. The van der Waals surface area contributed by atoms with Gasteiger partial charge in [0.2, 0.25) is 0 Å². The summed E-state index contributed by atoms with van der Waals surface area (Å²) in [6, 6.07) is 10.2. The van der Waals surface area contributed by atoms with E-state index in [2.05, 4.69) is 5.16 Å². The molecule has 0 bridgehead atoms. The van der Waals surface area contributed by atoms with Crippen molar-refractivity contribution in [2.45, 2.75) is 59.3 Å². The molecule has 0 N–H and O–H groups in total. The summed E-state index contributed by atoms with van der Waals surface area (Å²) in [6.07, 6.45) is -0.0190. The van der Waals surface area contributed by atoms with Gasteiger partial charge >= 0.3 is 12.1 Å². The van der Waals surface area contributed by atoms with Crippen molar-refractivity contribution in [3.8, 4) is 17.0 Å². The molecule has 0 radical (unpaired) electrons. The number of amides is 1. The number of fused-ring (bicyclic) bond motifs is 1. The number of carbonyl (C=O) groups excluding carboxylic acids is 2. The van der Waals surface area contributed by atoms with Crippen LogP contribution in [0.15, 0.2) is 40.9 Å². The van der Waals surface area contributed by atoms with E-state index < -0.39 is 23.7 Å². The zero-order chi connectivity index (χ0) is 26.9. The highest BCUT2D eigenvalue weighted by molar-refractivity contribution is 6.33. The highest BCUT2D eigenvalue weighted by atomic mass is 35.5. The summed E-state index contributed by atoms with van der Waals surface area (Å²) in [7, 11) is 1.31. The van der Waals surface area contributed by atoms with Gasteiger partial charge in [-0.3, -0.25) is 4.90 Å². The Bertz CT molecular complexity index is 1310. The third-order valence-electron chi connectivity index (χ3n) is 6.22. The van der Waals surface area contributed by atoms with E-state index in [0.717, 1.165) is 22.3 Å². The van der Waals surface area contributed by atoms with Crippen LogP contribution < -0.4 is 4.74 Å². The fraction of sp³-hybridized carbons (Fsp3) is 0.393. The van der Waals surface area contributed by atoms with Crippen molar-refractivity contribution in [1.82, 2.24) is 10.1 Å². The Kier molecular flexibility index (Phi) is 7.50. The molecule has 0 saturated heterocycles. The van der Waals surface area contributed by atoms with Crippen LogP contribution in [0.3, 0.4) is 0 Å². The molecule has 1 atom stereocenters. The van der Waals surface area contributed by atoms with Gasteiger partial charge in [-0.25, -0.2) is 9.59 Å². The summed E-state index contributed by atoms with van der Waals surface area (Å²) in [5.74, 6) is 0.738. The second-order valence-electron chi connectivity index (χ2n) is 10.00. The molecule has 2 heterocycles. The van der Waals surface area contributed by atoms with E-state index in [1.165, 1.54) is 12.0 Å². The number of halogens is 1. The molecule has 1 amide bonds. The van der Waals surface area contributed by atoms with Crippen LogP contribution in [-0.4, -0.2) is 41.4 Å². The number of ether oxygens (including phenoxy) is 3. The third kappa shape index (κ3) is 5.59. The van der Waals surface area contributed by atoms with Gasteiger partial charge in [0.05, 0.1) is 17.7 Å².